The Kier molecular flexibility index (Phi) is 6.87. The number of carbonyl (C=O) groups is 2. The minimum Gasteiger partial charge on any atom is -0.495 e. The number of amides is 2. The molecule has 0 saturated heterocycles. The molecule has 154 valence electrons. The predicted octanol–water partition coefficient (Wildman–Crippen LogP) is 5.17. The number of methoxy groups -OCH3 is 1. The Balaban J connectivity index is 1.79. The topological polar surface area (TPSA) is 62.7 Å². The fourth-order valence-electron chi connectivity index (χ4n) is 2.77. The number of rotatable bonds is 6. The van der Waals surface area contributed by atoms with E-state index in [9.17, 15) is 9.59 Å². The number of ether oxygens (including phenoxy) is 1. The first-order valence-corrected chi connectivity index (χ1v) is 10.3. The van der Waals surface area contributed by atoms with Crippen molar-refractivity contribution in [2.24, 2.45) is 0 Å². The van der Waals surface area contributed by atoms with Gasteiger partial charge in [-0.1, -0.05) is 29.8 Å². The lowest BCUT2D eigenvalue weighted by molar-refractivity contribution is -0.116. The molecule has 0 aliphatic heterocycles. The van der Waals surface area contributed by atoms with E-state index in [2.05, 4.69) is 4.98 Å². The van der Waals surface area contributed by atoms with Crippen LogP contribution in [0.25, 0.3) is 6.08 Å². The van der Waals surface area contributed by atoms with Gasteiger partial charge < -0.3 is 9.64 Å². The lowest BCUT2D eigenvalue weighted by Gasteiger charge is -2.18. The molecule has 0 unspecified atom stereocenters. The van der Waals surface area contributed by atoms with Crippen molar-refractivity contribution < 1.29 is 14.3 Å². The molecule has 0 saturated carbocycles. The maximum Gasteiger partial charge on any atom is 0.250 e. The van der Waals surface area contributed by atoms with E-state index in [1.54, 1.807) is 36.7 Å². The number of thiazole rings is 1. The van der Waals surface area contributed by atoms with Crippen molar-refractivity contribution in [1.29, 1.82) is 0 Å². The second-order valence-electron chi connectivity index (χ2n) is 6.29. The molecule has 8 heteroatoms. The summed E-state index contributed by atoms with van der Waals surface area (Å²) in [5.74, 6) is 0.131. The van der Waals surface area contributed by atoms with Gasteiger partial charge in [0, 0.05) is 30.5 Å². The van der Waals surface area contributed by atoms with E-state index < -0.39 is 0 Å². The third kappa shape index (κ3) is 4.87. The van der Waals surface area contributed by atoms with Crippen LogP contribution < -0.4 is 14.5 Å². The summed E-state index contributed by atoms with van der Waals surface area (Å²) < 4.78 is 5.30. The fourth-order valence-corrected chi connectivity index (χ4v) is 3.79. The first kappa shape index (κ1) is 21.5. The van der Waals surface area contributed by atoms with Crippen LogP contribution in [0.2, 0.25) is 5.02 Å². The summed E-state index contributed by atoms with van der Waals surface area (Å²) >= 11 is 7.38. The summed E-state index contributed by atoms with van der Waals surface area (Å²) in [7, 11) is 3.17. The molecular formula is C22H20ClN3O3S. The molecule has 0 aliphatic carbocycles. The molecule has 0 spiro atoms. The molecule has 0 fully saturated rings. The number of hydrogen-bond acceptors (Lipinski definition) is 5. The van der Waals surface area contributed by atoms with Crippen molar-refractivity contribution in [2.75, 3.05) is 24.0 Å². The van der Waals surface area contributed by atoms with Gasteiger partial charge in [0.2, 0.25) is 5.91 Å². The van der Waals surface area contributed by atoms with Gasteiger partial charge in [-0.25, -0.2) is 4.98 Å². The van der Waals surface area contributed by atoms with Gasteiger partial charge in [0.05, 0.1) is 24.2 Å². The van der Waals surface area contributed by atoms with Crippen molar-refractivity contribution in [3.05, 3.63) is 70.7 Å². The fraction of sp³-hybridized carbons (Fsp3) is 0.136. The number of carbonyl (C=O) groups excluding carboxylic acids is 2. The number of hydrogen-bond donors (Lipinski definition) is 0. The van der Waals surface area contributed by atoms with Crippen LogP contribution in [0.4, 0.5) is 16.5 Å². The standard InChI is InChI=1S/C22H20ClN3O3S/c1-15(27)26(18-7-5-4-6-8-18)22-24-17(14-30-22)10-12-21(28)25(2)19-13-16(23)9-11-20(19)29-3/h4-14H,1-3H3. The zero-order valence-corrected chi connectivity index (χ0v) is 18.3. The Bertz CT molecular complexity index is 1080. The van der Waals surface area contributed by atoms with Crippen molar-refractivity contribution in [1.82, 2.24) is 4.98 Å². The van der Waals surface area contributed by atoms with Gasteiger partial charge in [-0.3, -0.25) is 14.5 Å². The first-order chi connectivity index (χ1) is 14.4. The highest BCUT2D eigenvalue weighted by molar-refractivity contribution is 7.14. The zero-order valence-electron chi connectivity index (χ0n) is 16.7. The number of likely N-dealkylation sites (N-methyl/N-ethyl adjacent to an activating group) is 1. The largest absolute Gasteiger partial charge is 0.495 e. The zero-order chi connectivity index (χ0) is 21.7. The Morgan fingerprint density at radius 3 is 2.57 bits per heavy atom. The molecule has 0 bridgehead atoms. The van der Waals surface area contributed by atoms with Crippen molar-refractivity contribution in [3.8, 4) is 5.75 Å². The second kappa shape index (κ2) is 9.56. The summed E-state index contributed by atoms with van der Waals surface area (Å²) in [6, 6.07) is 14.4. The Morgan fingerprint density at radius 1 is 1.17 bits per heavy atom. The molecular weight excluding hydrogens is 422 g/mol. The highest BCUT2D eigenvalue weighted by Gasteiger charge is 2.18. The third-order valence-electron chi connectivity index (χ3n) is 4.26. The predicted molar refractivity (Wildman–Crippen MR) is 122 cm³/mol. The molecule has 30 heavy (non-hydrogen) atoms. The van der Waals surface area contributed by atoms with Crippen LogP contribution in [0.1, 0.15) is 12.6 Å². The SMILES string of the molecule is COc1ccc(Cl)cc1N(C)C(=O)C=Cc1csc(N(C(C)=O)c2ccccc2)n1. The molecule has 3 aromatic rings. The van der Waals surface area contributed by atoms with Gasteiger partial charge in [-0.15, -0.1) is 11.3 Å². The number of para-hydroxylation sites is 1. The lowest BCUT2D eigenvalue weighted by Crippen LogP contribution is -2.24. The van der Waals surface area contributed by atoms with Crippen molar-refractivity contribution >= 4 is 57.3 Å². The molecule has 1 heterocycles. The Labute approximate surface area is 184 Å². The smallest absolute Gasteiger partial charge is 0.250 e. The number of aromatic nitrogens is 1. The van der Waals surface area contributed by atoms with Crippen molar-refractivity contribution in [3.63, 3.8) is 0 Å². The minimum absolute atomic E-state index is 0.144. The maximum atomic E-state index is 12.6. The molecule has 1 aromatic heterocycles. The molecule has 0 aliphatic rings. The number of halogens is 1. The molecule has 2 aromatic carbocycles. The van der Waals surface area contributed by atoms with Gasteiger partial charge in [0.25, 0.3) is 5.91 Å². The summed E-state index contributed by atoms with van der Waals surface area (Å²) in [4.78, 5) is 32.2. The van der Waals surface area contributed by atoms with Crippen LogP contribution in [0.5, 0.6) is 5.75 Å². The van der Waals surface area contributed by atoms with Gasteiger partial charge in [-0.2, -0.15) is 0 Å². The summed E-state index contributed by atoms with van der Waals surface area (Å²) in [5, 5.41) is 2.83. The van der Waals surface area contributed by atoms with E-state index in [0.717, 1.165) is 5.69 Å². The Morgan fingerprint density at radius 2 is 1.90 bits per heavy atom. The molecule has 3 rings (SSSR count). The van der Waals surface area contributed by atoms with E-state index in [1.807, 2.05) is 30.3 Å². The van der Waals surface area contributed by atoms with Crippen LogP contribution in [-0.2, 0) is 9.59 Å². The second-order valence-corrected chi connectivity index (χ2v) is 7.56. The van der Waals surface area contributed by atoms with Crippen molar-refractivity contribution in [2.45, 2.75) is 6.92 Å². The molecule has 6 nitrogen and oxygen atoms in total. The Hall–Kier alpha value is -3.16. The molecule has 2 amide bonds. The summed E-state index contributed by atoms with van der Waals surface area (Å²) in [6.07, 6.45) is 3.03. The maximum absolute atomic E-state index is 12.6. The van der Waals surface area contributed by atoms with Crippen LogP contribution in [-0.4, -0.2) is 31.0 Å². The molecule has 0 N–H and O–H groups in total. The van der Waals surface area contributed by atoms with Crippen LogP contribution in [0, 0.1) is 0 Å². The van der Waals surface area contributed by atoms with Crippen LogP contribution in [0.3, 0.4) is 0 Å². The number of nitrogens with zero attached hydrogens (tertiary/aromatic N) is 3. The van der Waals surface area contributed by atoms with Gasteiger partial charge >= 0.3 is 0 Å². The van der Waals surface area contributed by atoms with Crippen LogP contribution >= 0.6 is 22.9 Å². The summed E-state index contributed by atoms with van der Waals surface area (Å²) in [6.45, 7) is 1.49. The lowest BCUT2D eigenvalue weighted by atomic mass is 10.2. The van der Waals surface area contributed by atoms with E-state index >= 15 is 0 Å². The quantitative estimate of drug-likeness (QED) is 0.495. The number of anilines is 3. The highest BCUT2D eigenvalue weighted by atomic mass is 35.5. The van der Waals surface area contributed by atoms with Gasteiger partial charge in [0.1, 0.15) is 5.75 Å². The molecule has 0 radical (unpaired) electrons. The minimum atomic E-state index is -0.267. The average Bonchev–Trinajstić information content (AvgIpc) is 3.20. The first-order valence-electron chi connectivity index (χ1n) is 9.01. The van der Waals surface area contributed by atoms with E-state index in [1.165, 1.54) is 41.2 Å². The van der Waals surface area contributed by atoms with E-state index in [0.29, 0.717) is 27.3 Å². The third-order valence-corrected chi connectivity index (χ3v) is 5.34. The monoisotopic (exact) mass is 441 g/mol. The normalized spacial score (nSPS) is 10.8. The van der Waals surface area contributed by atoms with E-state index in [4.69, 9.17) is 16.3 Å². The molecule has 0 atom stereocenters. The van der Waals surface area contributed by atoms with E-state index in [-0.39, 0.29) is 11.8 Å². The highest BCUT2D eigenvalue weighted by Crippen LogP contribution is 2.31. The summed E-state index contributed by atoms with van der Waals surface area (Å²) in [5.41, 5.74) is 1.88. The van der Waals surface area contributed by atoms with Gasteiger partial charge in [-0.05, 0) is 36.4 Å². The number of benzene rings is 2. The van der Waals surface area contributed by atoms with Crippen LogP contribution in [0.15, 0.2) is 60.0 Å². The van der Waals surface area contributed by atoms with Gasteiger partial charge in [0.15, 0.2) is 5.13 Å². The average molecular weight is 442 g/mol.